The van der Waals surface area contributed by atoms with Crippen LogP contribution in [0.4, 0.5) is 13.2 Å². The second-order valence-corrected chi connectivity index (χ2v) is 6.82. The molecule has 4 rings (SSSR count). The fourth-order valence-electron chi connectivity index (χ4n) is 3.62. The van der Waals surface area contributed by atoms with Gasteiger partial charge in [-0.3, -0.25) is 9.59 Å². The largest absolute Gasteiger partial charge is 0.417 e. The van der Waals surface area contributed by atoms with E-state index in [-0.39, 0.29) is 54.7 Å². The molecule has 0 saturated heterocycles. The quantitative estimate of drug-likeness (QED) is 0.786. The third-order valence-electron chi connectivity index (χ3n) is 4.72. The van der Waals surface area contributed by atoms with E-state index in [4.69, 9.17) is 21.1 Å². The van der Waals surface area contributed by atoms with Crippen molar-refractivity contribution >= 4 is 23.2 Å². The number of benzene rings is 1. The highest BCUT2D eigenvalue weighted by Gasteiger charge is 2.42. The van der Waals surface area contributed by atoms with Gasteiger partial charge in [-0.15, -0.1) is 0 Å². The molecule has 3 aliphatic heterocycles. The van der Waals surface area contributed by atoms with Gasteiger partial charge in [0.1, 0.15) is 13.2 Å². The van der Waals surface area contributed by atoms with Crippen molar-refractivity contribution in [3.63, 3.8) is 0 Å². The first-order valence-corrected chi connectivity index (χ1v) is 8.47. The minimum atomic E-state index is -4.66. The molecule has 27 heavy (non-hydrogen) atoms. The van der Waals surface area contributed by atoms with Crippen molar-refractivity contribution in [2.24, 2.45) is 0 Å². The Kier molecular flexibility index (Phi) is 4.37. The molecule has 0 radical (unpaired) electrons. The molecule has 1 aromatic carbocycles. The van der Waals surface area contributed by atoms with E-state index >= 15 is 0 Å². The summed E-state index contributed by atoms with van der Waals surface area (Å²) in [4.78, 5) is 25.0. The van der Waals surface area contributed by atoms with Crippen LogP contribution in [-0.2, 0) is 25.2 Å². The third-order valence-corrected chi connectivity index (χ3v) is 5.05. The van der Waals surface area contributed by atoms with Crippen LogP contribution in [-0.4, -0.2) is 38.0 Å². The number of halogens is 4. The van der Waals surface area contributed by atoms with Crippen LogP contribution in [0.15, 0.2) is 40.7 Å². The van der Waals surface area contributed by atoms with Gasteiger partial charge < -0.3 is 14.8 Å². The highest BCUT2D eigenvalue weighted by molar-refractivity contribution is 6.31. The van der Waals surface area contributed by atoms with Crippen LogP contribution in [0.2, 0.25) is 5.02 Å². The molecular formula is C18H13ClF3NO4. The Labute approximate surface area is 156 Å². The Morgan fingerprint density at radius 2 is 1.52 bits per heavy atom. The van der Waals surface area contributed by atoms with Crippen LogP contribution < -0.4 is 5.32 Å². The second kappa shape index (κ2) is 6.47. The average Bonchev–Trinajstić information content (AvgIpc) is 2.60. The van der Waals surface area contributed by atoms with E-state index in [0.29, 0.717) is 11.4 Å². The van der Waals surface area contributed by atoms with Crippen LogP contribution in [0.1, 0.15) is 17.0 Å². The molecule has 0 atom stereocenters. The second-order valence-electron chi connectivity index (χ2n) is 6.41. The summed E-state index contributed by atoms with van der Waals surface area (Å²) >= 11 is 5.72. The lowest BCUT2D eigenvalue weighted by molar-refractivity contribution is -0.137. The highest BCUT2D eigenvalue weighted by Crippen LogP contribution is 2.44. The van der Waals surface area contributed by atoms with Gasteiger partial charge in [-0.25, -0.2) is 0 Å². The summed E-state index contributed by atoms with van der Waals surface area (Å²) in [6.45, 7) is -0.182. The van der Waals surface area contributed by atoms with Crippen molar-refractivity contribution in [1.29, 1.82) is 0 Å². The molecule has 0 unspecified atom stereocenters. The van der Waals surface area contributed by atoms with E-state index in [1.165, 1.54) is 6.07 Å². The molecule has 1 aromatic rings. The Hall–Kier alpha value is -2.16. The normalized spacial score (nSPS) is 21.2. The van der Waals surface area contributed by atoms with Gasteiger partial charge in [0.2, 0.25) is 0 Å². The standard InChI is InChI=1S/C18H13ClF3NO4/c19-10-2-1-8(3-9(10)18(20,21)22)15-16-11(4-26-6-13(16)24)23-12-5-27-7-14(25)17(12)15/h1-3,15,23H,4-7H2. The van der Waals surface area contributed by atoms with Gasteiger partial charge in [-0.05, 0) is 17.7 Å². The van der Waals surface area contributed by atoms with E-state index in [2.05, 4.69) is 5.32 Å². The van der Waals surface area contributed by atoms with Crippen LogP contribution in [0.5, 0.6) is 0 Å². The van der Waals surface area contributed by atoms with E-state index in [9.17, 15) is 22.8 Å². The number of carbonyl (C=O) groups excluding carboxylic acids is 2. The summed E-state index contributed by atoms with van der Waals surface area (Å²) in [5, 5.41) is 2.55. The Morgan fingerprint density at radius 3 is 2.04 bits per heavy atom. The fraction of sp³-hybridized carbons (Fsp3) is 0.333. The van der Waals surface area contributed by atoms with E-state index in [0.717, 1.165) is 12.1 Å². The van der Waals surface area contributed by atoms with Crippen molar-refractivity contribution in [2.45, 2.75) is 12.1 Å². The number of dihydropyridines is 1. The maximum Gasteiger partial charge on any atom is 0.417 e. The smallest absolute Gasteiger partial charge is 0.367 e. The third kappa shape index (κ3) is 3.07. The monoisotopic (exact) mass is 399 g/mol. The molecule has 0 saturated carbocycles. The molecule has 0 aromatic heterocycles. The fourth-order valence-corrected chi connectivity index (χ4v) is 3.84. The predicted molar refractivity (Wildman–Crippen MR) is 88.0 cm³/mol. The zero-order valence-electron chi connectivity index (χ0n) is 13.8. The van der Waals surface area contributed by atoms with Crippen LogP contribution >= 0.6 is 11.6 Å². The molecule has 0 fully saturated rings. The van der Waals surface area contributed by atoms with Crippen molar-refractivity contribution in [3.8, 4) is 0 Å². The van der Waals surface area contributed by atoms with E-state index in [1.54, 1.807) is 0 Å². The van der Waals surface area contributed by atoms with Crippen molar-refractivity contribution in [2.75, 3.05) is 26.4 Å². The Morgan fingerprint density at radius 1 is 0.963 bits per heavy atom. The van der Waals surface area contributed by atoms with Gasteiger partial charge >= 0.3 is 6.18 Å². The predicted octanol–water partition coefficient (Wildman–Crippen LogP) is 2.75. The molecular weight excluding hydrogens is 387 g/mol. The van der Waals surface area contributed by atoms with Gasteiger partial charge in [-0.1, -0.05) is 17.7 Å². The van der Waals surface area contributed by atoms with Crippen molar-refractivity contribution < 1.29 is 32.2 Å². The summed E-state index contributed by atoms with van der Waals surface area (Å²) in [6.07, 6.45) is -4.66. The molecule has 1 N–H and O–H groups in total. The number of hydrogen-bond donors (Lipinski definition) is 1. The van der Waals surface area contributed by atoms with Gasteiger partial charge in [0.25, 0.3) is 0 Å². The van der Waals surface area contributed by atoms with Crippen LogP contribution in [0, 0.1) is 0 Å². The first kappa shape index (κ1) is 18.2. The maximum absolute atomic E-state index is 13.3. The number of rotatable bonds is 1. The zero-order valence-corrected chi connectivity index (χ0v) is 14.5. The summed E-state index contributed by atoms with van der Waals surface area (Å²) in [6, 6.07) is 3.45. The van der Waals surface area contributed by atoms with Crippen LogP contribution in [0.3, 0.4) is 0 Å². The minimum absolute atomic E-state index is 0.0995. The summed E-state index contributed by atoms with van der Waals surface area (Å²) < 4.78 is 50.4. The van der Waals surface area contributed by atoms with Crippen LogP contribution in [0.25, 0.3) is 0 Å². The molecule has 0 bridgehead atoms. The van der Waals surface area contributed by atoms with Crippen molar-refractivity contribution in [1.82, 2.24) is 5.32 Å². The number of hydrogen-bond acceptors (Lipinski definition) is 5. The lowest BCUT2D eigenvalue weighted by Gasteiger charge is -2.37. The number of carbonyl (C=O) groups is 2. The molecule has 5 nitrogen and oxygen atoms in total. The number of nitrogens with one attached hydrogen (secondary N) is 1. The number of alkyl halides is 3. The number of ketones is 2. The first-order valence-electron chi connectivity index (χ1n) is 8.09. The molecule has 142 valence electrons. The summed E-state index contributed by atoms with van der Waals surface area (Å²) in [7, 11) is 0. The first-order chi connectivity index (χ1) is 12.8. The lowest BCUT2D eigenvalue weighted by Crippen LogP contribution is -2.42. The molecule has 0 spiro atoms. The lowest BCUT2D eigenvalue weighted by atomic mass is 9.76. The Bertz CT molecular complexity index is 878. The van der Waals surface area contributed by atoms with Crippen molar-refractivity contribution in [3.05, 3.63) is 56.9 Å². The molecule has 9 heteroatoms. The highest BCUT2D eigenvalue weighted by atomic mass is 35.5. The minimum Gasteiger partial charge on any atom is -0.367 e. The molecule has 3 heterocycles. The van der Waals surface area contributed by atoms with Gasteiger partial charge in [-0.2, -0.15) is 13.2 Å². The summed E-state index contributed by atoms with van der Waals surface area (Å²) in [5.41, 5.74) is 0.562. The van der Waals surface area contributed by atoms with Gasteiger partial charge in [0, 0.05) is 28.5 Å². The summed E-state index contributed by atoms with van der Waals surface area (Å²) in [5.74, 6) is -1.66. The Balaban J connectivity index is 1.92. The number of ether oxygens (including phenoxy) is 2. The van der Waals surface area contributed by atoms with E-state index < -0.39 is 22.7 Å². The average molecular weight is 400 g/mol. The topological polar surface area (TPSA) is 64.6 Å². The maximum atomic E-state index is 13.3. The van der Waals surface area contributed by atoms with E-state index in [1.807, 2.05) is 0 Å². The van der Waals surface area contributed by atoms with Gasteiger partial charge in [0.05, 0.1) is 23.8 Å². The zero-order chi connectivity index (χ0) is 19.3. The molecule has 0 aliphatic carbocycles. The SMILES string of the molecule is O=C1COCC2=C1C(c1ccc(Cl)c(C(F)(F)F)c1)C1=C(COCC1=O)N2. The number of Topliss-reactive ketones (excluding diaryl/α,β-unsaturated/α-hetero) is 2. The van der Waals surface area contributed by atoms with Gasteiger partial charge in [0.15, 0.2) is 11.6 Å². The molecule has 3 aliphatic rings. The molecule has 0 amide bonds.